The number of benzene rings is 1. The molecule has 0 aliphatic rings. The van der Waals surface area contributed by atoms with Crippen LogP contribution >= 0.6 is 11.8 Å². The number of alkyl halides is 3. The van der Waals surface area contributed by atoms with Crippen molar-refractivity contribution in [3.8, 4) is 6.07 Å². The number of rotatable bonds is 3. The summed E-state index contributed by atoms with van der Waals surface area (Å²) in [6, 6.07) is 8.46. The van der Waals surface area contributed by atoms with Gasteiger partial charge in [0.2, 0.25) is 0 Å². The van der Waals surface area contributed by atoms with Crippen LogP contribution in [0.4, 0.5) is 13.2 Å². The van der Waals surface area contributed by atoms with Gasteiger partial charge in [-0.25, -0.2) is 0 Å². The Morgan fingerprint density at radius 1 is 1.38 bits per heavy atom. The topological polar surface area (TPSA) is 23.8 Å². The minimum atomic E-state index is -4.44. The Bertz CT molecular complexity index is 395. The smallest absolute Gasteiger partial charge is 0.198 e. The molecule has 0 bridgehead atoms. The van der Waals surface area contributed by atoms with Crippen LogP contribution in [0.3, 0.4) is 0 Å². The van der Waals surface area contributed by atoms with Crippen LogP contribution in [0.15, 0.2) is 29.2 Å². The Balaban J connectivity index is 2.65. The number of nitrogens with zero attached hydrogens (tertiary/aromatic N) is 1. The van der Waals surface area contributed by atoms with E-state index in [2.05, 4.69) is 0 Å². The SMILES string of the molecule is Cc1ccccc1SCC(C#N)C(F)(F)F. The van der Waals surface area contributed by atoms with Crippen LogP contribution in [0.2, 0.25) is 0 Å². The summed E-state index contributed by atoms with van der Waals surface area (Å²) in [5.74, 6) is -2.16. The van der Waals surface area contributed by atoms with Gasteiger partial charge in [0.15, 0.2) is 5.92 Å². The van der Waals surface area contributed by atoms with Gasteiger partial charge in [-0.05, 0) is 18.6 Å². The summed E-state index contributed by atoms with van der Waals surface area (Å²) in [5.41, 5.74) is 0.923. The minimum absolute atomic E-state index is 0.259. The first-order chi connectivity index (χ1) is 7.45. The van der Waals surface area contributed by atoms with Crippen molar-refractivity contribution < 1.29 is 13.2 Å². The molecule has 0 radical (unpaired) electrons. The first kappa shape index (κ1) is 12.9. The van der Waals surface area contributed by atoms with Gasteiger partial charge in [0.25, 0.3) is 0 Å². The molecule has 1 atom stereocenters. The first-order valence-corrected chi connectivity index (χ1v) is 5.58. The second kappa shape index (κ2) is 5.26. The molecule has 0 aliphatic heterocycles. The molecule has 1 rings (SSSR count). The van der Waals surface area contributed by atoms with Gasteiger partial charge in [-0.2, -0.15) is 18.4 Å². The molecular weight excluding hydrogens is 235 g/mol. The first-order valence-electron chi connectivity index (χ1n) is 4.60. The summed E-state index contributed by atoms with van der Waals surface area (Å²) in [4.78, 5) is 0.784. The standard InChI is InChI=1S/C11H10F3NS/c1-8-4-2-3-5-10(8)16-7-9(6-15)11(12,13)14/h2-5,9H,7H2,1H3. The lowest BCUT2D eigenvalue weighted by molar-refractivity contribution is -0.152. The Morgan fingerprint density at radius 2 is 2.00 bits per heavy atom. The Kier molecular flexibility index (Phi) is 4.25. The average Bonchev–Trinajstić information content (AvgIpc) is 2.19. The maximum atomic E-state index is 12.3. The molecular formula is C11H10F3NS. The predicted molar refractivity (Wildman–Crippen MR) is 57.1 cm³/mol. The minimum Gasteiger partial charge on any atom is -0.198 e. The Hall–Kier alpha value is -1.15. The zero-order chi connectivity index (χ0) is 12.2. The van der Waals surface area contributed by atoms with Gasteiger partial charge in [0.1, 0.15) is 0 Å². The zero-order valence-electron chi connectivity index (χ0n) is 8.58. The van der Waals surface area contributed by atoms with Crippen LogP contribution in [-0.2, 0) is 0 Å². The fraction of sp³-hybridized carbons (Fsp3) is 0.364. The van der Waals surface area contributed by atoms with Crippen LogP contribution in [0.1, 0.15) is 5.56 Å². The van der Waals surface area contributed by atoms with E-state index in [1.807, 2.05) is 19.1 Å². The van der Waals surface area contributed by atoms with E-state index in [4.69, 9.17) is 5.26 Å². The van der Waals surface area contributed by atoms with Crippen LogP contribution < -0.4 is 0 Å². The van der Waals surface area contributed by atoms with E-state index < -0.39 is 12.1 Å². The van der Waals surface area contributed by atoms with Gasteiger partial charge in [0, 0.05) is 10.6 Å². The number of thioether (sulfide) groups is 1. The van der Waals surface area contributed by atoms with Gasteiger partial charge < -0.3 is 0 Å². The molecule has 0 aliphatic carbocycles. The van der Waals surface area contributed by atoms with Crippen molar-refractivity contribution >= 4 is 11.8 Å². The maximum Gasteiger partial charge on any atom is 0.405 e. The third-order valence-electron chi connectivity index (χ3n) is 2.05. The van der Waals surface area contributed by atoms with Gasteiger partial charge >= 0.3 is 6.18 Å². The molecule has 5 heteroatoms. The van der Waals surface area contributed by atoms with Gasteiger partial charge in [-0.1, -0.05) is 18.2 Å². The van der Waals surface area contributed by atoms with Crippen molar-refractivity contribution in [3.63, 3.8) is 0 Å². The molecule has 0 aromatic heterocycles. The summed E-state index contributed by atoms with van der Waals surface area (Å²) in [6.07, 6.45) is -4.44. The Morgan fingerprint density at radius 3 is 2.50 bits per heavy atom. The maximum absolute atomic E-state index is 12.3. The van der Waals surface area contributed by atoms with Crippen molar-refractivity contribution in [2.24, 2.45) is 5.92 Å². The lowest BCUT2D eigenvalue weighted by atomic mass is 10.2. The number of nitriles is 1. The number of halogens is 3. The van der Waals surface area contributed by atoms with Gasteiger partial charge in [-0.15, -0.1) is 11.8 Å². The van der Waals surface area contributed by atoms with E-state index in [0.29, 0.717) is 0 Å². The summed E-state index contributed by atoms with van der Waals surface area (Å²) in [6.45, 7) is 1.83. The summed E-state index contributed by atoms with van der Waals surface area (Å²) >= 11 is 1.06. The molecule has 0 spiro atoms. The largest absolute Gasteiger partial charge is 0.405 e. The molecule has 0 saturated heterocycles. The van der Waals surface area contributed by atoms with Crippen LogP contribution in [-0.4, -0.2) is 11.9 Å². The number of hydrogen-bond donors (Lipinski definition) is 0. The molecule has 1 nitrogen and oxygen atoms in total. The highest BCUT2D eigenvalue weighted by molar-refractivity contribution is 7.99. The molecule has 1 aromatic rings. The average molecular weight is 245 g/mol. The van der Waals surface area contributed by atoms with Crippen molar-refractivity contribution in [2.75, 3.05) is 5.75 Å². The van der Waals surface area contributed by atoms with Gasteiger partial charge in [-0.3, -0.25) is 0 Å². The van der Waals surface area contributed by atoms with Crippen molar-refractivity contribution in [3.05, 3.63) is 29.8 Å². The van der Waals surface area contributed by atoms with E-state index in [0.717, 1.165) is 22.2 Å². The molecule has 0 fully saturated rings. The van der Waals surface area contributed by atoms with Gasteiger partial charge in [0.05, 0.1) is 6.07 Å². The van der Waals surface area contributed by atoms with Crippen LogP contribution in [0.5, 0.6) is 0 Å². The lowest BCUT2D eigenvalue weighted by Gasteiger charge is -2.13. The van der Waals surface area contributed by atoms with Crippen molar-refractivity contribution in [1.82, 2.24) is 0 Å². The molecule has 16 heavy (non-hydrogen) atoms. The predicted octanol–water partition coefficient (Wildman–Crippen LogP) is 3.79. The molecule has 1 aromatic carbocycles. The molecule has 0 heterocycles. The van der Waals surface area contributed by atoms with E-state index in [9.17, 15) is 13.2 Å². The second-order valence-corrected chi connectivity index (χ2v) is 4.36. The van der Waals surface area contributed by atoms with Crippen molar-refractivity contribution in [1.29, 1.82) is 5.26 Å². The third kappa shape index (κ3) is 3.46. The summed E-state index contributed by atoms with van der Waals surface area (Å²) in [7, 11) is 0. The molecule has 0 N–H and O–H groups in total. The molecule has 0 saturated carbocycles. The Labute approximate surface area is 96.3 Å². The van der Waals surface area contributed by atoms with Crippen LogP contribution in [0.25, 0.3) is 0 Å². The number of aryl methyl sites for hydroxylation is 1. The highest BCUT2D eigenvalue weighted by Crippen LogP contribution is 2.32. The summed E-state index contributed by atoms with van der Waals surface area (Å²) in [5, 5.41) is 8.43. The highest BCUT2D eigenvalue weighted by Gasteiger charge is 2.39. The monoisotopic (exact) mass is 245 g/mol. The quantitative estimate of drug-likeness (QED) is 0.756. The third-order valence-corrected chi connectivity index (χ3v) is 3.32. The fourth-order valence-electron chi connectivity index (χ4n) is 1.10. The van der Waals surface area contributed by atoms with E-state index in [-0.39, 0.29) is 5.75 Å². The molecule has 1 unspecified atom stereocenters. The molecule has 86 valence electrons. The van der Waals surface area contributed by atoms with Crippen LogP contribution in [0, 0.1) is 24.2 Å². The van der Waals surface area contributed by atoms with E-state index >= 15 is 0 Å². The number of hydrogen-bond acceptors (Lipinski definition) is 2. The lowest BCUT2D eigenvalue weighted by Crippen LogP contribution is -2.23. The fourth-order valence-corrected chi connectivity index (χ4v) is 2.18. The highest BCUT2D eigenvalue weighted by atomic mass is 32.2. The summed E-state index contributed by atoms with van der Waals surface area (Å²) < 4.78 is 36.9. The molecule has 0 amide bonds. The normalized spacial score (nSPS) is 13.2. The zero-order valence-corrected chi connectivity index (χ0v) is 9.40. The van der Waals surface area contributed by atoms with E-state index in [1.54, 1.807) is 12.1 Å². The second-order valence-electron chi connectivity index (χ2n) is 3.30. The van der Waals surface area contributed by atoms with Crippen molar-refractivity contribution in [2.45, 2.75) is 18.0 Å². The van der Waals surface area contributed by atoms with E-state index in [1.165, 1.54) is 6.07 Å².